The highest BCUT2D eigenvalue weighted by atomic mass is 35.5. The summed E-state index contributed by atoms with van der Waals surface area (Å²) < 4.78 is 27.9. The molecule has 6 heteroatoms. The Morgan fingerprint density at radius 2 is 1.62 bits per heavy atom. The van der Waals surface area contributed by atoms with Gasteiger partial charge < -0.3 is 0 Å². The number of hydrogen-bond acceptors (Lipinski definition) is 2. The monoisotopic (exact) mass is 405 g/mol. The van der Waals surface area contributed by atoms with Crippen LogP contribution in [0.2, 0.25) is 10.0 Å². The van der Waals surface area contributed by atoms with Crippen molar-refractivity contribution < 1.29 is 8.42 Å². The average molecular weight is 406 g/mol. The Balaban J connectivity index is 2.11. The summed E-state index contributed by atoms with van der Waals surface area (Å²) in [6.07, 6.45) is 0. The molecule has 0 saturated heterocycles. The second kappa shape index (κ2) is 7.70. The van der Waals surface area contributed by atoms with Crippen molar-refractivity contribution in [2.75, 3.05) is 4.31 Å². The first-order chi connectivity index (χ1) is 12.4. The summed E-state index contributed by atoms with van der Waals surface area (Å²) in [6.45, 7) is 2.03. The van der Waals surface area contributed by atoms with Crippen molar-refractivity contribution >= 4 is 38.9 Å². The number of nitrogens with zero attached hydrogens (tertiary/aromatic N) is 1. The van der Waals surface area contributed by atoms with Gasteiger partial charge in [-0.3, -0.25) is 4.31 Å². The summed E-state index contributed by atoms with van der Waals surface area (Å²) in [5.74, 6) is 0. The lowest BCUT2D eigenvalue weighted by atomic mass is 10.2. The predicted molar refractivity (Wildman–Crippen MR) is 107 cm³/mol. The minimum Gasteiger partial charge on any atom is -0.262 e. The van der Waals surface area contributed by atoms with Crippen molar-refractivity contribution in [1.82, 2.24) is 0 Å². The van der Waals surface area contributed by atoms with Gasteiger partial charge in [0.05, 0.1) is 17.1 Å². The lowest BCUT2D eigenvalue weighted by Gasteiger charge is -2.25. The molecular weight excluding hydrogens is 389 g/mol. The zero-order valence-electron chi connectivity index (χ0n) is 14.1. The number of hydrogen-bond donors (Lipinski definition) is 0. The zero-order chi connectivity index (χ0) is 18.7. The fraction of sp³-hybridized carbons (Fsp3) is 0.100. The third-order valence-electron chi connectivity index (χ3n) is 3.95. The van der Waals surface area contributed by atoms with Gasteiger partial charge in [0, 0.05) is 10.0 Å². The molecule has 3 aromatic carbocycles. The van der Waals surface area contributed by atoms with Gasteiger partial charge in [-0.2, -0.15) is 0 Å². The van der Waals surface area contributed by atoms with E-state index in [0.29, 0.717) is 21.3 Å². The number of halogens is 2. The summed E-state index contributed by atoms with van der Waals surface area (Å²) in [7, 11) is -3.75. The molecule has 0 atom stereocenters. The molecule has 134 valence electrons. The number of rotatable bonds is 5. The summed E-state index contributed by atoms with van der Waals surface area (Å²) in [6, 6.07) is 20.8. The van der Waals surface area contributed by atoms with Crippen LogP contribution in [-0.4, -0.2) is 8.42 Å². The van der Waals surface area contributed by atoms with Crippen molar-refractivity contribution in [1.29, 1.82) is 0 Å². The second-order valence-electron chi connectivity index (χ2n) is 5.90. The van der Waals surface area contributed by atoms with Crippen molar-refractivity contribution in [2.45, 2.75) is 18.4 Å². The first-order valence-electron chi connectivity index (χ1n) is 7.96. The number of aryl methyl sites for hydroxylation is 1. The smallest absolute Gasteiger partial charge is 0.262 e. The topological polar surface area (TPSA) is 37.4 Å². The van der Waals surface area contributed by atoms with Crippen LogP contribution < -0.4 is 4.31 Å². The van der Waals surface area contributed by atoms with Gasteiger partial charge in [-0.1, -0.05) is 59.6 Å². The number of benzene rings is 3. The molecule has 0 aliphatic carbocycles. The van der Waals surface area contributed by atoms with Gasteiger partial charge in [0.15, 0.2) is 0 Å². The lowest BCUT2D eigenvalue weighted by Crippen LogP contribution is -2.30. The molecule has 3 aromatic rings. The van der Waals surface area contributed by atoms with E-state index in [4.69, 9.17) is 23.2 Å². The summed E-state index contributed by atoms with van der Waals surface area (Å²) in [5.41, 5.74) is 2.23. The molecule has 0 bridgehead atoms. The van der Waals surface area contributed by atoms with E-state index in [1.54, 1.807) is 54.6 Å². The van der Waals surface area contributed by atoms with Gasteiger partial charge >= 0.3 is 0 Å². The standard InChI is InChI=1S/C20H17Cl2NO2S/c1-15-6-5-7-18(12-15)23(14-16-10-11-17(21)13-20(16)22)26(24,25)19-8-3-2-4-9-19/h2-13H,14H2,1H3. The number of anilines is 1. The van der Waals surface area contributed by atoms with E-state index in [2.05, 4.69) is 0 Å². The highest BCUT2D eigenvalue weighted by Crippen LogP contribution is 2.29. The maximum absolute atomic E-state index is 13.3. The molecule has 26 heavy (non-hydrogen) atoms. The maximum Gasteiger partial charge on any atom is 0.264 e. The quantitative estimate of drug-likeness (QED) is 0.545. The molecule has 3 rings (SSSR count). The minimum atomic E-state index is -3.75. The zero-order valence-corrected chi connectivity index (χ0v) is 16.4. The Hall–Kier alpha value is -2.01. The first-order valence-corrected chi connectivity index (χ1v) is 10.2. The molecule has 0 aliphatic heterocycles. The van der Waals surface area contributed by atoms with Gasteiger partial charge in [0.1, 0.15) is 0 Å². The largest absolute Gasteiger partial charge is 0.264 e. The highest BCUT2D eigenvalue weighted by molar-refractivity contribution is 7.92. The van der Waals surface area contributed by atoms with Crippen molar-refractivity contribution in [3.05, 3.63) is 94.0 Å². The Bertz CT molecular complexity index is 1020. The van der Waals surface area contributed by atoms with Crippen LogP contribution in [0.1, 0.15) is 11.1 Å². The molecule has 0 N–H and O–H groups in total. The van der Waals surface area contributed by atoms with Gasteiger partial charge in [-0.25, -0.2) is 8.42 Å². The molecule has 0 saturated carbocycles. The molecule has 0 heterocycles. The van der Waals surface area contributed by atoms with Gasteiger partial charge in [0.2, 0.25) is 0 Å². The minimum absolute atomic E-state index is 0.108. The Morgan fingerprint density at radius 3 is 2.27 bits per heavy atom. The normalized spacial score (nSPS) is 11.3. The average Bonchev–Trinajstić information content (AvgIpc) is 2.61. The van der Waals surface area contributed by atoms with Crippen molar-refractivity contribution in [3.8, 4) is 0 Å². The van der Waals surface area contributed by atoms with Crippen LogP contribution in [-0.2, 0) is 16.6 Å². The Morgan fingerprint density at radius 1 is 0.885 bits per heavy atom. The third-order valence-corrected chi connectivity index (χ3v) is 6.32. The van der Waals surface area contributed by atoms with E-state index in [1.807, 2.05) is 25.1 Å². The summed E-state index contributed by atoms with van der Waals surface area (Å²) >= 11 is 12.2. The highest BCUT2D eigenvalue weighted by Gasteiger charge is 2.25. The van der Waals surface area contributed by atoms with E-state index in [-0.39, 0.29) is 11.4 Å². The second-order valence-corrected chi connectivity index (χ2v) is 8.61. The van der Waals surface area contributed by atoms with Gasteiger partial charge in [0.25, 0.3) is 10.0 Å². The van der Waals surface area contributed by atoms with Crippen LogP contribution in [0.3, 0.4) is 0 Å². The molecular formula is C20H17Cl2NO2S. The van der Waals surface area contributed by atoms with Gasteiger partial charge in [-0.15, -0.1) is 0 Å². The fourth-order valence-electron chi connectivity index (χ4n) is 2.62. The summed E-state index contributed by atoms with van der Waals surface area (Å²) in [4.78, 5) is 0.228. The summed E-state index contributed by atoms with van der Waals surface area (Å²) in [5, 5.41) is 0.935. The van der Waals surface area contributed by atoms with Crippen LogP contribution >= 0.6 is 23.2 Å². The van der Waals surface area contributed by atoms with E-state index < -0.39 is 10.0 Å². The predicted octanol–water partition coefficient (Wildman–Crippen LogP) is 5.70. The molecule has 0 unspecified atom stereocenters. The van der Waals surface area contributed by atoms with Crippen LogP contribution in [0.4, 0.5) is 5.69 Å². The van der Waals surface area contributed by atoms with Crippen LogP contribution in [0, 0.1) is 6.92 Å². The SMILES string of the molecule is Cc1cccc(N(Cc2ccc(Cl)cc2Cl)S(=O)(=O)c2ccccc2)c1. The molecule has 3 nitrogen and oxygen atoms in total. The van der Waals surface area contributed by atoms with Crippen LogP contribution in [0.5, 0.6) is 0 Å². The van der Waals surface area contributed by atoms with Crippen LogP contribution in [0.15, 0.2) is 77.7 Å². The third kappa shape index (κ3) is 4.04. The van der Waals surface area contributed by atoms with Crippen LogP contribution in [0.25, 0.3) is 0 Å². The van der Waals surface area contributed by atoms with E-state index in [0.717, 1.165) is 5.56 Å². The molecule has 0 radical (unpaired) electrons. The molecule has 0 amide bonds. The van der Waals surface area contributed by atoms with E-state index >= 15 is 0 Å². The molecule has 0 spiro atoms. The van der Waals surface area contributed by atoms with E-state index in [9.17, 15) is 8.42 Å². The van der Waals surface area contributed by atoms with Gasteiger partial charge in [-0.05, 0) is 54.4 Å². The van der Waals surface area contributed by atoms with Crippen molar-refractivity contribution in [2.24, 2.45) is 0 Å². The molecule has 0 aromatic heterocycles. The fourth-order valence-corrected chi connectivity index (χ4v) is 4.55. The molecule has 0 aliphatic rings. The Kier molecular flexibility index (Phi) is 5.56. The van der Waals surface area contributed by atoms with Crippen molar-refractivity contribution in [3.63, 3.8) is 0 Å². The molecule has 0 fully saturated rings. The maximum atomic E-state index is 13.3. The first kappa shape index (κ1) is 18.8. The Labute approximate surface area is 163 Å². The van der Waals surface area contributed by atoms with E-state index in [1.165, 1.54) is 4.31 Å². The lowest BCUT2D eigenvalue weighted by molar-refractivity contribution is 0.590. The number of sulfonamides is 1.